The highest BCUT2D eigenvalue weighted by molar-refractivity contribution is 6.09. The van der Waals surface area contributed by atoms with E-state index in [0.29, 0.717) is 26.1 Å². The molecule has 1 spiro atoms. The normalized spacial score (nSPS) is 30.2. The molecule has 0 radical (unpaired) electrons. The van der Waals surface area contributed by atoms with Gasteiger partial charge in [0, 0.05) is 13.1 Å². The minimum atomic E-state index is -1.01. The van der Waals surface area contributed by atoms with Gasteiger partial charge in [-0.1, -0.05) is 31.2 Å². The number of hydrogen-bond donors (Lipinski definition) is 2. The number of hydrogen-bond acceptors (Lipinski definition) is 4. The number of fused-ring (bicyclic) bond motifs is 2. The number of urea groups is 1. The number of nitrogens with one attached hydrogen (secondary N) is 1. The van der Waals surface area contributed by atoms with Crippen LogP contribution in [0.25, 0.3) is 0 Å². The summed E-state index contributed by atoms with van der Waals surface area (Å²) in [6.45, 7) is 3.54. The van der Waals surface area contributed by atoms with Gasteiger partial charge in [-0.2, -0.15) is 0 Å². The summed E-state index contributed by atoms with van der Waals surface area (Å²) in [7, 11) is 0. The zero-order valence-corrected chi connectivity index (χ0v) is 15.0. The maximum atomic E-state index is 13.1. The summed E-state index contributed by atoms with van der Waals surface area (Å²) in [5.41, 5.74) is 6.63. The molecule has 2 saturated heterocycles. The third-order valence-corrected chi connectivity index (χ3v) is 6.12. The molecule has 2 aliphatic heterocycles. The number of benzene rings is 1. The van der Waals surface area contributed by atoms with Gasteiger partial charge in [-0.3, -0.25) is 14.5 Å². The Bertz CT molecular complexity index is 795. The molecule has 0 bridgehead atoms. The lowest BCUT2D eigenvalue weighted by Crippen LogP contribution is -2.45. The molecular weight excluding hydrogens is 332 g/mol. The number of carbonyl (C=O) groups excluding carboxylic acids is 3. The van der Waals surface area contributed by atoms with Gasteiger partial charge in [-0.05, 0) is 42.3 Å². The molecule has 3 aliphatic rings. The predicted octanol–water partition coefficient (Wildman–Crippen LogP) is 0.577. The summed E-state index contributed by atoms with van der Waals surface area (Å²) in [6, 6.07) is 7.19. The molecule has 4 rings (SSSR count). The van der Waals surface area contributed by atoms with Gasteiger partial charge in [-0.25, -0.2) is 4.79 Å². The van der Waals surface area contributed by atoms with Crippen LogP contribution < -0.4 is 11.1 Å². The Hall–Kier alpha value is -2.41. The zero-order chi connectivity index (χ0) is 18.5. The van der Waals surface area contributed by atoms with Crippen molar-refractivity contribution in [1.29, 1.82) is 0 Å². The van der Waals surface area contributed by atoms with Crippen molar-refractivity contribution in [2.75, 3.05) is 26.2 Å². The molecule has 3 N–H and O–H groups in total. The number of amides is 4. The smallest absolute Gasteiger partial charge is 0.325 e. The van der Waals surface area contributed by atoms with E-state index in [1.54, 1.807) is 4.90 Å². The van der Waals surface area contributed by atoms with E-state index in [0.717, 1.165) is 28.9 Å². The average molecular weight is 356 g/mol. The van der Waals surface area contributed by atoms with E-state index in [-0.39, 0.29) is 23.8 Å². The van der Waals surface area contributed by atoms with Crippen molar-refractivity contribution in [3.05, 3.63) is 35.4 Å². The number of likely N-dealkylation sites (tertiary alicyclic amines) is 1. The molecule has 26 heavy (non-hydrogen) atoms. The van der Waals surface area contributed by atoms with Gasteiger partial charge >= 0.3 is 6.03 Å². The number of nitrogens with zero attached hydrogens (tertiary/aromatic N) is 2. The van der Waals surface area contributed by atoms with E-state index in [1.165, 1.54) is 0 Å². The first-order chi connectivity index (χ1) is 12.4. The molecular formula is C19H24N4O3. The second-order valence-electron chi connectivity index (χ2n) is 7.96. The van der Waals surface area contributed by atoms with Crippen molar-refractivity contribution >= 4 is 17.8 Å². The van der Waals surface area contributed by atoms with Crippen molar-refractivity contribution in [3.63, 3.8) is 0 Å². The lowest BCUT2D eigenvalue weighted by Gasteiger charge is -2.24. The van der Waals surface area contributed by atoms with Crippen LogP contribution in [0.1, 0.15) is 30.9 Å². The Labute approximate surface area is 152 Å². The summed E-state index contributed by atoms with van der Waals surface area (Å²) >= 11 is 0. The number of imide groups is 1. The van der Waals surface area contributed by atoms with Crippen LogP contribution in [-0.4, -0.2) is 53.8 Å². The minimum absolute atomic E-state index is 0.0848. The van der Waals surface area contributed by atoms with Gasteiger partial charge < -0.3 is 16.0 Å². The fourth-order valence-corrected chi connectivity index (χ4v) is 4.37. The molecule has 4 amide bonds. The summed E-state index contributed by atoms with van der Waals surface area (Å²) < 4.78 is 0. The predicted molar refractivity (Wildman–Crippen MR) is 95.0 cm³/mol. The van der Waals surface area contributed by atoms with Crippen molar-refractivity contribution in [2.24, 2.45) is 11.1 Å². The fourth-order valence-electron chi connectivity index (χ4n) is 4.37. The summed E-state index contributed by atoms with van der Waals surface area (Å²) in [6.07, 6.45) is 2.12. The van der Waals surface area contributed by atoms with E-state index in [2.05, 4.69) is 12.2 Å². The Kier molecular flexibility index (Phi) is 3.80. The monoisotopic (exact) mass is 356 g/mol. The van der Waals surface area contributed by atoms with Crippen LogP contribution in [-0.2, 0) is 21.5 Å². The zero-order valence-electron chi connectivity index (χ0n) is 15.0. The first-order valence-corrected chi connectivity index (χ1v) is 9.09. The second-order valence-corrected chi connectivity index (χ2v) is 7.96. The van der Waals surface area contributed by atoms with Crippen LogP contribution in [0.4, 0.5) is 4.79 Å². The van der Waals surface area contributed by atoms with Crippen LogP contribution >= 0.6 is 0 Å². The highest BCUT2D eigenvalue weighted by atomic mass is 16.2. The van der Waals surface area contributed by atoms with E-state index < -0.39 is 11.6 Å². The molecule has 0 saturated carbocycles. The number of nitrogens with two attached hydrogens (primary N) is 1. The lowest BCUT2D eigenvalue weighted by molar-refractivity contribution is -0.138. The van der Waals surface area contributed by atoms with E-state index >= 15 is 0 Å². The summed E-state index contributed by atoms with van der Waals surface area (Å²) in [5.74, 6) is -0.518. The third-order valence-electron chi connectivity index (χ3n) is 6.12. The van der Waals surface area contributed by atoms with Gasteiger partial charge in [-0.15, -0.1) is 0 Å². The molecule has 2 unspecified atom stereocenters. The van der Waals surface area contributed by atoms with E-state index in [4.69, 9.17) is 5.73 Å². The molecule has 0 aromatic heterocycles. The maximum absolute atomic E-state index is 13.1. The van der Waals surface area contributed by atoms with Gasteiger partial charge in [0.05, 0.1) is 0 Å². The molecule has 1 aromatic rings. The fraction of sp³-hybridized carbons (Fsp3) is 0.526. The highest BCUT2D eigenvalue weighted by Gasteiger charge is 2.55. The Morgan fingerprint density at radius 1 is 1.27 bits per heavy atom. The molecule has 1 aliphatic carbocycles. The average Bonchev–Trinajstić information content (AvgIpc) is 3.28. The molecule has 7 heteroatoms. The Morgan fingerprint density at radius 2 is 2.04 bits per heavy atom. The van der Waals surface area contributed by atoms with Crippen molar-refractivity contribution in [1.82, 2.24) is 15.1 Å². The van der Waals surface area contributed by atoms with Crippen LogP contribution in [0.5, 0.6) is 0 Å². The van der Waals surface area contributed by atoms with Crippen molar-refractivity contribution in [2.45, 2.75) is 31.7 Å². The molecule has 2 fully saturated rings. The van der Waals surface area contributed by atoms with Gasteiger partial charge in [0.1, 0.15) is 12.1 Å². The van der Waals surface area contributed by atoms with Gasteiger partial charge in [0.15, 0.2) is 0 Å². The summed E-state index contributed by atoms with van der Waals surface area (Å²) in [4.78, 5) is 41.0. The number of aryl methyl sites for hydroxylation is 1. The molecule has 1 aromatic carbocycles. The Balaban J connectivity index is 1.52. The topological polar surface area (TPSA) is 95.7 Å². The van der Waals surface area contributed by atoms with Crippen LogP contribution in [0, 0.1) is 5.41 Å². The second kappa shape index (κ2) is 5.81. The molecule has 7 nitrogen and oxygen atoms in total. The quantitative estimate of drug-likeness (QED) is 0.774. The SMILES string of the molecule is CC1(CN)CCN(C(=O)CN2C(=O)NC3(CCc4ccccc43)C2=O)C1. The molecule has 138 valence electrons. The van der Waals surface area contributed by atoms with Crippen molar-refractivity contribution in [3.8, 4) is 0 Å². The molecule has 2 atom stereocenters. The van der Waals surface area contributed by atoms with E-state index in [9.17, 15) is 14.4 Å². The number of rotatable bonds is 3. The highest BCUT2D eigenvalue weighted by Crippen LogP contribution is 2.41. The molecule has 2 heterocycles. The van der Waals surface area contributed by atoms with Crippen LogP contribution in [0.3, 0.4) is 0 Å². The van der Waals surface area contributed by atoms with Crippen molar-refractivity contribution < 1.29 is 14.4 Å². The number of carbonyl (C=O) groups is 3. The first-order valence-electron chi connectivity index (χ1n) is 9.09. The maximum Gasteiger partial charge on any atom is 0.325 e. The third kappa shape index (κ3) is 2.41. The Morgan fingerprint density at radius 3 is 2.77 bits per heavy atom. The standard InChI is InChI=1S/C19H24N4O3/c1-18(11-20)8-9-22(12-18)15(24)10-23-16(25)19(21-17(23)26)7-6-13-4-2-3-5-14(13)19/h2-5H,6-12,20H2,1H3,(H,21,26). The van der Waals surface area contributed by atoms with Gasteiger partial charge in [0.2, 0.25) is 5.91 Å². The van der Waals surface area contributed by atoms with E-state index in [1.807, 2.05) is 24.3 Å². The first kappa shape index (κ1) is 17.0. The van der Waals surface area contributed by atoms with Crippen LogP contribution in [0.2, 0.25) is 0 Å². The minimum Gasteiger partial charge on any atom is -0.341 e. The lowest BCUT2D eigenvalue weighted by atomic mass is 9.90. The van der Waals surface area contributed by atoms with Gasteiger partial charge in [0.25, 0.3) is 5.91 Å². The largest absolute Gasteiger partial charge is 0.341 e. The van der Waals surface area contributed by atoms with Crippen LogP contribution in [0.15, 0.2) is 24.3 Å². The summed E-state index contributed by atoms with van der Waals surface area (Å²) in [5, 5.41) is 2.86.